The summed E-state index contributed by atoms with van der Waals surface area (Å²) in [5, 5.41) is 10.4. The molecule has 0 aliphatic heterocycles. The van der Waals surface area contributed by atoms with E-state index in [9.17, 15) is 9.50 Å². The maximum absolute atomic E-state index is 13.2. The summed E-state index contributed by atoms with van der Waals surface area (Å²) in [5.41, 5.74) is 1.25. The Morgan fingerprint density at radius 1 is 1.21 bits per heavy atom. The van der Waals surface area contributed by atoms with Crippen LogP contribution in [0.15, 0.2) is 48.8 Å². The molecular formula is C15H16FNO2. The van der Waals surface area contributed by atoms with Crippen molar-refractivity contribution in [1.82, 2.24) is 4.98 Å². The highest BCUT2D eigenvalue weighted by molar-refractivity contribution is 5.23. The summed E-state index contributed by atoms with van der Waals surface area (Å²) in [7, 11) is 0. The average molecular weight is 261 g/mol. The fourth-order valence-corrected chi connectivity index (χ4v) is 1.96. The van der Waals surface area contributed by atoms with Crippen molar-refractivity contribution in [3.8, 4) is 0 Å². The van der Waals surface area contributed by atoms with Crippen molar-refractivity contribution in [1.29, 1.82) is 0 Å². The van der Waals surface area contributed by atoms with Crippen molar-refractivity contribution in [2.24, 2.45) is 0 Å². The molecule has 1 aromatic carbocycles. The van der Waals surface area contributed by atoms with Gasteiger partial charge in [-0.05, 0) is 18.6 Å². The van der Waals surface area contributed by atoms with Crippen LogP contribution in [-0.4, -0.2) is 16.7 Å². The molecule has 0 radical (unpaired) electrons. The van der Waals surface area contributed by atoms with E-state index in [0.717, 1.165) is 11.8 Å². The molecule has 2 aromatic rings. The number of hydrogen-bond donors (Lipinski definition) is 1. The van der Waals surface area contributed by atoms with Crippen molar-refractivity contribution in [2.45, 2.75) is 19.1 Å². The molecule has 0 bridgehead atoms. The van der Waals surface area contributed by atoms with Crippen molar-refractivity contribution >= 4 is 0 Å². The number of benzene rings is 1. The number of aliphatic hydroxyl groups excluding tert-OH is 1. The number of ether oxygens (including phenoxy) is 1. The summed E-state index contributed by atoms with van der Waals surface area (Å²) in [5.74, 6) is -0.472. The van der Waals surface area contributed by atoms with Crippen LogP contribution in [0.2, 0.25) is 0 Å². The lowest BCUT2D eigenvalue weighted by Crippen LogP contribution is -2.15. The standard InChI is InChI=1S/C15H16FNO2/c1-2-19-15(11-6-4-3-5-7-11)14(18)12-8-13(16)10-17-9-12/h3-10,14-15,18H,2H2,1H3. The van der Waals surface area contributed by atoms with Gasteiger partial charge in [0, 0.05) is 18.4 Å². The molecule has 0 spiro atoms. The van der Waals surface area contributed by atoms with Gasteiger partial charge in [-0.2, -0.15) is 0 Å². The zero-order chi connectivity index (χ0) is 13.7. The smallest absolute Gasteiger partial charge is 0.141 e. The van der Waals surface area contributed by atoms with Crippen LogP contribution in [-0.2, 0) is 4.74 Å². The van der Waals surface area contributed by atoms with Gasteiger partial charge in [-0.15, -0.1) is 0 Å². The average Bonchev–Trinajstić information content (AvgIpc) is 2.45. The second kappa shape index (κ2) is 6.41. The third-order valence-corrected chi connectivity index (χ3v) is 2.83. The summed E-state index contributed by atoms with van der Waals surface area (Å²) in [6.45, 7) is 2.31. The third kappa shape index (κ3) is 3.36. The molecule has 100 valence electrons. The van der Waals surface area contributed by atoms with Gasteiger partial charge in [0.1, 0.15) is 18.0 Å². The van der Waals surface area contributed by atoms with Gasteiger partial charge in [0.2, 0.25) is 0 Å². The van der Waals surface area contributed by atoms with E-state index in [4.69, 9.17) is 4.74 Å². The normalized spacial score (nSPS) is 14.1. The van der Waals surface area contributed by atoms with Gasteiger partial charge in [-0.3, -0.25) is 4.98 Å². The van der Waals surface area contributed by atoms with E-state index >= 15 is 0 Å². The summed E-state index contributed by atoms with van der Waals surface area (Å²) < 4.78 is 18.7. The number of pyridine rings is 1. The molecule has 0 aliphatic rings. The highest BCUT2D eigenvalue weighted by atomic mass is 19.1. The third-order valence-electron chi connectivity index (χ3n) is 2.83. The minimum atomic E-state index is -0.953. The summed E-state index contributed by atoms with van der Waals surface area (Å²) in [4.78, 5) is 3.75. The second-order valence-corrected chi connectivity index (χ2v) is 4.17. The minimum absolute atomic E-state index is 0.405. The van der Waals surface area contributed by atoms with Crippen LogP contribution in [0.5, 0.6) is 0 Å². The first-order valence-electron chi connectivity index (χ1n) is 6.17. The zero-order valence-electron chi connectivity index (χ0n) is 10.7. The molecule has 0 saturated carbocycles. The molecule has 3 nitrogen and oxygen atoms in total. The number of halogens is 1. The lowest BCUT2D eigenvalue weighted by molar-refractivity contribution is -0.0364. The van der Waals surface area contributed by atoms with Gasteiger partial charge >= 0.3 is 0 Å². The van der Waals surface area contributed by atoms with E-state index in [0.29, 0.717) is 12.2 Å². The minimum Gasteiger partial charge on any atom is -0.385 e. The summed E-state index contributed by atoms with van der Waals surface area (Å²) in [6.07, 6.45) is 1.07. The van der Waals surface area contributed by atoms with Gasteiger partial charge in [0.25, 0.3) is 0 Å². The van der Waals surface area contributed by atoms with E-state index in [1.54, 1.807) is 0 Å². The monoisotopic (exact) mass is 261 g/mol. The molecule has 2 atom stereocenters. The Bertz CT molecular complexity index is 519. The maximum Gasteiger partial charge on any atom is 0.141 e. The molecule has 2 unspecified atom stereocenters. The van der Waals surface area contributed by atoms with E-state index in [1.807, 2.05) is 37.3 Å². The molecule has 0 saturated heterocycles. The van der Waals surface area contributed by atoms with Crippen molar-refractivity contribution < 1.29 is 14.2 Å². The van der Waals surface area contributed by atoms with Gasteiger partial charge in [-0.1, -0.05) is 30.3 Å². The molecule has 4 heteroatoms. The lowest BCUT2D eigenvalue weighted by Gasteiger charge is -2.23. The molecule has 1 aromatic heterocycles. The van der Waals surface area contributed by atoms with Crippen LogP contribution in [0.1, 0.15) is 30.3 Å². The first-order chi connectivity index (χ1) is 9.22. The molecule has 19 heavy (non-hydrogen) atoms. The Morgan fingerprint density at radius 2 is 1.95 bits per heavy atom. The fraction of sp³-hybridized carbons (Fsp3) is 0.267. The van der Waals surface area contributed by atoms with Gasteiger partial charge in [0.05, 0.1) is 6.20 Å². The van der Waals surface area contributed by atoms with Crippen LogP contribution in [0.25, 0.3) is 0 Å². The first kappa shape index (κ1) is 13.6. The molecule has 0 aliphatic carbocycles. The summed E-state index contributed by atoms with van der Waals surface area (Å²) >= 11 is 0. The molecular weight excluding hydrogens is 245 g/mol. The highest BCUT2D eigenvalue weighted by Crippen LogP contribution is 2.31. The Labute approximate surface area is 111 Å². The van der Waals surface area contributed by atoms with Crippen LogP contribution < -0.4 is 0 Å². The Kier molecular flexibility index (Phi) is 4.60. The number of aliphatic hydroxyl groups is 1. The Balaban J connectivity index is 2.29. The van der Waals surface area contributed by atoms with Crippen molar-refractivity contribution in [3.63, 3.8) is 0 Å². The van der Waals surface area contributed by atoms with Crippen LogP contribution in [0.3, 0.4) is 0 Å². The topological polar surface area (TPSA) is 42.4 Å². The molecule has 2 rings (SSSR count). The maximum atomic E-state index is 13.2. The molecule has 0 fully saturated rings. The van der Waals surface area contributed by atoms with Gasteiger partial charge in [0.15, 0.2) is 0 Å². The van der Waals surface area contributed by atoms with Crippen molar-refractivity contribution in [2.75, 3.05) is 6.61 Å². The second-order valence-electron chi connectivity index (χ2n) is 4.17. The number of nitrogens with zero attached hydrogens (tertiary/aromatic N) is 1. The van der Waals surface area contributed by atoms with E-state index in [-0.39, 0.29) is 0 Å². The van der Waals surface area contributed by atoms with Gasteiger partial charge < -0.3 is 9.84 Å². The van der Waals surface area contributed by atoms with Crippen molar-refractivity contribution in [3.05, 3.63) is 65.7 Å². The number of aromatic nitrogens is 1. The largest absolute Gasteiger partial charge is 0.385 e. The lowest BCUT2D eigenvalue weighted by atomic mass is 9.99. The van der Waals surface area contributed by atoms with E-state index < -0.39 is 18.0 Å². The Morgan fingerprint density at radius 3 is 2.58 bits per heavy atom. The molecule has 0 amide bonds. The predicted molar refractivity (Wildman–Crippen MR) is 70.0 cm³/mol. The molecule has 1 heterocycles. The fourth-order valence-electron chi connectivity index (χ4n) is 1.96. The Hall–Kier alpha value is -1.78. The SMILES string of the molecule is CCOC(c1ccccc1)C(O)c1cncc(F)c1. The molecule has 1 N–H and O–H groups in total. The van der Waals surface area contributed by atoms with E-state index in [2.05, 4.69) is 4.98 Å². The highest BCUT2D eigenvalue weighted by Gasteiger charge is 2.23. The number of rotatable bonds is 5. The van der Waals surface area contributed by atoms with Crippen LogP contribution >= 0.6 is 0 Å². The number of hydrogen-bond acceptors (Lipinski definition) is 3. The summed E-state index contributed by atoms with van der Waals surface area (Å²) in [6, 6.07) is 10.7. The first-order valence-corrected chi connectivity index (χ1v) is 6.17. The van der Waals surface area contributed by atoms with E-state index in [1.165, 1.54) is 12.3 Å². The zero-order valence-corrected chi connectivity index (χ0v) is 10.7. The predicted octanol–water partition coefficient (Wildman–Crippen LogP) is 3.03. The van der Waals surface area contributed by atoms with Crippen LogP contribution in [0.4, 0.5) is 4.39 Å². The van der Waals surface area contributed by atoms with Gasteiger partial charge in [-0.25, -0.2) is 4.39 Å². The van der Waals surface area contributed by atoms with Crippen LogP contribution in [0, 0.1) is 5.82 Å². The quantitative estimate of drug-likeness (QED) is 0.899.